The van der Waals surface area contributed by atoms with Crippen LogP contribution in [0, 0.1) is 11.7 Å². The summed E-state index contributed by atoms with van der Waals surface area (Å²) in [5.74, 6) is -4.06. The number of carboxylic acids is 1. The average Bonchev–Trinajstić information content (AvgIpc) is 2.45. The molecule has 3 atom stereocenters. The minimum atomic E-state index is -4.65. The van der Waals surface area contributed by atoms with Crippen LogP contribution < -0.4 is 4.74 Å². The number of benzene rings is 1. The molecule has 4 nitrogen and oxygen atoms in total. The SMILES string of the molecule is COc1cc(F)ccc1[C@@H]1C[C@](C)(C(F)(F)F)OC[C@H]1C(=O)O. The molecule has 0 radical (unpaired) electrons. The predicted molar refractivity (Wildman–Crippen MR) is 71.8 cm³/mol. The summed E-state index contributed by atoms with van der Waals surface area (Å²) < 4.78 is 62.8. The van der Waals surface area contributed by atoms with E-state index in [-0.39, 0.29) is 11.3 Å². The topological polar surface area (TPSA) is 55.8 Å². The average molecular weight is 336 g/mol. The highest BCUT2D eigenvalue weighted by atomic mass is 19.4. The van der Waals surface area contributed by atoms with Crippen molar-refractivity contribution in [3.05, 3.63) is 29.6 Å². The Balaban J connectivity index is 2.47. The van der Waals surface area contributed by atoms with Crippen molar-refractivity contribution in [2.45, 2.75) is 31.0 Å². The Hall–Kier alpha value is -1.83. The number of methoxy groups -OCH3 is 1. The van der Waals surface area contributed by atoms with Crippen molar-refractivity contribution in [2.75, 3.05) is 13.7 Å². The van der Waals surface area contributed by atoms with Crippen LogP contribution in [0.4, 0.5) is 17.6 Å². The van der Waals surface area contributed by atoms with Crippen molar-refractivity contribution in [2.24, 2.45) is 5.92 Å². The number of halogens is 4. The molecular formula is C15H16F4O4. The molecule has 0 aliphatic carbocycles. The highest BCUT2D eigenvalue weighted by molar-refractivity contribution is 5.72. The third kappa shape index (κ3) is 3.26. The predicted octanol–water partition coefficient (Wildman–Crippen LogP) is 3.36. The first kappa shape index (κ1) is 17.5. The zero-order valence-electron chi connectivity index (χ0n) is 12.5. The summed E-state index contributed by atoms with van der Waals surface area (Å²) in [5.41, 5.74) is -2.25. The van der Waals surface area contributed by atoms with Gasteiger partial charge in [0.05, 0.1) is 19.6 Å². The second-order valence-electron chi connectivity index (χ2n) is 5.68. The molecule has 1 saturated heterocycles. The molecular weight excluding hydrogens is 320 g/mol. The van der Waals surface area contributed by atoms with Gasteiger partial charge in [0, 0.05) is 12.0 Å². The van der Waals surface area contributed by atoms with E-state index in [1.165, 1.54) is 13.2 Å². The minimum absolute atomic E-state index is 0.0210. The molecule has 1 fully saturated rings. The number of rotatable bonds is 3. The summed E-state index contributed by atoms with van der Waals surface area (Å²) >= 11 is 0. The van der Waals surface area contributed by atoms with Gasteiger partial charge in [-0.2, -0.15) is 13.2 Å². The quantitative estimate of drug-likeness (QED) is 0.860. The van der Waals surface area contributed by atoms with E-state index in [9.17, 15) is 27.5 Å². The number of carbonyl (C=O) groups is 1. The van der Waals surface area contributed by atoms with Gasteiger partial charge in [-0.25, -0.2) is 4.39 Å². The number of hydrogen-bond acceptors (Lipinski definition) is 3. The molecule has 0 unspecified atom stereocenters. The number of aliphatic carboxylic acids is 1. The molecule has 1 aliphatic heterocycles. The summed E-state index contributed by atoms with van der Waals surface area (Å²) in [5, 5.41) is 9.29. The third-order valence-electron chi connectivity index (χ3n) is 4.19. The second-order valence-corrected chi connectivity index (χ2v) is 5.68. The Kier molecular flexibility index (Phi) is 4.57. The molecule has 0 spiro atoms. The standard InChI is InChI=1S/C15H16F4O4/c1-14(15(17,18)19)6-10(11(7-23-14)13(20)21)9-4-3-8(16)5-12(9)22-2/h3-5,10-11H,6-7H2,1-2H3,(H,20,21)/t10-,11+,14+/m0/s1. The van der Waals surface area contributed by atoms with Crippen LogP contribution >= 0.6 is 0 Å². The van der Waals surface area contributed by atoms with Crippen LogP contribution in [0.5, 0.6) is 5.75 Å². The second kappa shape index (κ2) is 5.99. The third-order valence-corrected chi connectivity index (χ3v) is 4.19. The maximum absolute atomic E-state index is 13.3. The summed E-state index contributed by atoms with van der Waals surface area (Å²) in [7, 11) is 1.25. The fraction of sp³-hybridized carbons (Fsp3) is 0.533. The zero-order chi connectivity index (χ0) is 17.4. The molecule has 23 heavy (non-hydrogen) atoms. The molecule has 0 saturated carbocycles. The van der Waals surface area contributed by atoms with E-state index >= 15 is 0 Å². The Morgan fingerprint density at radius 2 is 2.09 bits per heavy atom. The van der Waals surface area contributed by atoms with Gasteiger partial charge in [-0.3, -0.25) is 4.79 Å². The molecule has 1 aromatic carbocycles. The molecule has 0 aromatic heterocycles. The molecule has 1 aromatic rings. The Bertz CT molecular complexity index is 602. The summed E-state index contributed by atoms with van der Waals surface area (Å²) in [6, 6.07) is 3.35. The molecule has 8 heteroatoms. The Labute approximate surface area is 130 Å². The van der Waals surface area contributed by atoms with Crippen molar-refractivity contribution in [3.63, 3.8) is 0 Å². The van der Waals surface area contributed by atoms with Crippen LogP contribution in [0.2, 0.25) is 0 Å². The minimum Gasteiger partial charge on any atom is -0.496 e. The molecule has 128 valence electrons. The number of alkyl halides is 3. The lowest BCUT2D eigenvalue weighted by Gasteiger charge is -2.42. The van der Waals surface area contributed by atoms with Crippen LogP contribution in [-0.2, 0) is 9.53 Å². The van der Waals surface area contributed by atoms with Gasteiger partial charge in [0.1, 0.15) is 11.6 Å². The summed E-state index contributed by atoms with van der Waals surface area (Å²) in [6.45, 7) is 0.296. The lowest BCUT2D eigenvalue weighted by Crippen LogP contribution is -2.52. The smallest absolute Gasteiger partial charge is 0.417 e. The van der Waals surface area contributed by atoms with Crippen LogP contribution in [-0.4, -0.2) is 36.6 Å². The van der Waals surface area contributed by atoms with E-state index in [0.717, 1.165) is 19.1 Å². The van der Waals surface area contributed by atoms with Gasteiger partial charge in [0.2, 0.25) is 0 Å². The largest absolute Gasteiger partial charge is 0.496 e. The first-order chi connectivity index (χ1) is 10.6. The lowest BCUT2D eigenvalue weighted by atomic mass is 9.75. The van der Waals surface area contributed by atoms with E-state index in [4.69, 9.17) is 9.47 Å². The van der Waals surface area contributed by atoms with E-state index < -0.39 is 48.4 Å². The van der Waals surface area contributed by atoms with E-state index in [2.05, 4.69) is 0 Å². The maximum Gasteiger partial charge on any atom is 0.417 e. The molecule has 2 rings (SSSR count). The summed E-state index contributed by atoms with van der Waals surface area (Å²) in [4.78, 5) is 11.4. The van der Waals surface area contributed by atoms with Gasteiger partial charge in [-0.15, -0.1) is 0 Å². The van der Waals surface area contributed by atoms with Crippen LogP contribution in [0.3, 0.4) is 0 Å². The monoisotopic (exact) mass is 336 g/mol. The normalized spacial score (nSPS) is 28.4. The fourth-order valence-electron chi connectivity index (χ4n) is 2.77. The maximum atomic E-state index is 13.3. The number of carboxylic acid groups (broad SMARTS) is 1. The van der Waals surface area contributed by atoms with Crippen LogP contribution in [0.15, 0.2) is 18.2 Å². The van der Waals surface area contributed by atoms with E-state index in [1.54, 1.807) is 0 Å². The molecule has 0 amide bonds. The lowest BCUT2D eigenvalue weighted by molar-refractivity contribution is -0.290. The molecule has 1 N–H and O–H groups in total. The van der Waals surface area contributed by atoms with Crippen molar-refractivity contribution in [3.8, 4) is 5.75 Å². The highest BCUT2D eigenvalue weighted by Gasteiger charge is 2.57. The van der Waals surface area contributed by atoms with Crippen LogP contribution in [0.1, 0.15) is 24.8 Å². The van der Waals surface area contributed by atoms with Gasteiger partial charge in [-0.1, -0.05) is 6.07 Å². The van der Waals surface area contributed by atoms with Crippen LogP contribution in [0.25, 0.3) is 0 Å². The van der Waals surface area contributed by atoms with Crippen molar-refractivity contribution in [1.82, 2.24) is 0 Å². The van der Waals surface area contributed by atoms with Gasteiger partial charge < -0.3 is 14.6 Å². The fourth-order valence-corrected chi connectivity index (χ4v) is 2.77. The molecule has 1 heterocycles. The van der Waals surface area contributed by atoms with Gasteiger partial charge >= 0.3 is 12.1 Å². The first-order valence-corrected chi connectivity index (χ1v) is 6.86. The van der Waals surface area contributed by atoms with Gasteiger partial charge in [-0.05, 0) is 25.0 Å². The Morgan fingerprint density at radius 3 is 2.61 bits per heavy atom. The van der Waals surface area contributed by atoms with E-state index in [1.807, 2.05) is 0 Å². The van der Waals surface area contributed by atoms with Crippen molar-refractivity contribution < 1.29 is 36.9 Å². The number of ether oxygens (including phenoxy) is 2. The van der Waals surface area contributed by atoms with E-state index in [0.29, 0.717) is 0 Å². The Morgan fingerprint density at radius 1 is 1.43 bits per heavy atom. The zero-order valence-corrected chi connectivity index (χ0v) is 12.5. The van der Waals surface area contributed by atoms with Crippen molar-refractivity contribution in [1.29, 1.82) is 0 Å². The van der Waals surface area contributed by atoms with Gasteiger partial charge in [0.15, 0.2) is 5.60 Å². The van der Waals surface area contributed by atoms with Crippen molar-refractivity contribution >= 4 is 5.97 Å². The van der Waals surface area contributed by atoms with Gasteiger partial charge in [0.25, 0.3) is 0 Å². The molecule has 0 bridgehead atoms. The molecule has 1 aliphatic rings. The number of hydrogen-bond donors (Lipinski definition) is 1. The highest BCUT2D eigenvalue weighted by Crippen LogP contribution is 2.48. The summed E-state index contributed by atoms with van der Waals surface area (Å²) in [6.07, 6.45) is -5.24. The first-order valence-electron chi connectivity index (χ1n) is 6.86.